The third-order valence-corrected chi connectivity index (χ3v) is 5.19. The summed E-state index contributed by atoms with van der Waals surface area (Å²) in [4.78, 5) is 4.87. The molecule has 0 spiro atoms. The van der Waals surface area contributed by atoms with E-state index in [1.165, 1.54) is 12.8 Å². The number of aliphatic hydroxyl groups is 1. The van der Waals surface area contributed by atoms with Crippen LogP contribution in [-0.4, -0.2) is 35.0 Å². The first-order chi connectivity index (χ1) is 10.5. The van der Waals surface area contributed by atoms with Crippen molar-refractivity contribution in [2.24, 2.45) is 16.6 Å². The fourth-order valence-electron chi connectivity index (χ4n) is 3.89. The number of nitrogens with two attached hydrogens (primary N) is 1. The van der Waals surface area contributed by atoms with Gasteiger partial charge in [-0.1, -0.05) is 12.2 Å². The number of hydrogen-bond donors (Lipinski definition) is 3. The average Bonchev–Trinajstić information content (AvgIpc) is 3.12. The second-order valence-corrected chi connectivity index (χ2v) is 7.05. The largest absolute Gasteiger partial charge is 0.508 e. The standard InChI is InChI=1S/C18H27N3O/c1-12-16(22)9-10-18(2,19)17(12)15-8-7-14(21-15)6-5-13-4-3-11-20-13/h7-10,13,15,17,20,22H,3-6,11,19H2,1-2H3. The van der Waals surface area contributed by atoms with Crippen LogP contribution >= 0.6 is 0 Å². The molecule has 22 heavy (non-hydrogen) atoms. The maximum Gasteiger partial charge on any atom is 0.114 e. The molecule has 0 saturated carbocycles. The third kappa shape index (κ3) is 3.03. The van der Waals surface area contributed by atoms with Crippen LogP contribution in [0.3, 0.4) is 0 Å². The van der Waals surface area contributed by atoms with Gasteiger partial charge in [0.1, 0.15) is 5.76 Å². The van der Waals surface area contributed by atoms with E-state index in [4.69, 9.17) is 10.7 Å². The lowest BCUT2D eigenvalue weighted by atomic mass is 9.73. The van der Waals surface area contributed by atoms with Gasteiger partial charge in [0.05, 0.1) is 6.04 Å². The molecule has 3 aliphatic rings. The van der Waals surface area contributed by atoms with Crippen molar-refractivity contribution in [3.63, 3.8) is 0 Å². The topological polar surface area (TPSA) is 70.6 Å². The van der Waals surface area contributed by atoms with E-state index in [1.54, 1.807) is 6.08 Å². The van der Waals surface area contributed by atoms with Gasteiger partial charge in [0.25, 0.3) is 0 Å². The average molecular weight is 301 g/mol. The highest BCUT2D eigenvalue weighted by Gasteiger charge is 2.39. The summed E-state index contributed by atoms with van der Waals surface area (Å²) in [6.45, 7) is 5.12. The highest BCUT2D eigenvalue weighted by molar-refractivity contribution is 5.97. The van der Waals surface area contributed by atoms with Crippen molar-refractivity contribution in [2.75, 3.05) is 6.54 Å². The van der Waals surface area contributed by atoms with Gasteiger partial charge < -0.3 is 16.2 Å². The molecule has 4 nitrogen and oxygen atoms in total. The van der Waals surface area contributed by atoms with Crippen molar-refractivity contribution in [1.82, 2.24) is 5.32 Å². The van der Waals surface area contributed by atoms with Gasteiger partial charge >= 0.3 is 0 Å². The number of hydrogen-bond acceptors (Lipinski definition) is 4. The van der Waals surface area contributed by atoms with E-state index in [-0.39, 0.29) is 12.0 Å². The Bertz CT molecular complexity index is 551. The number of rotatable bonds is 4. The van der Waals surface area contributed by atoms with Gasteiger partial charge in [-0.25, -0.2) is 0 Å². The van der Waals surface area contributed by atoms with Crippen LogP contribution < -0.4 is 11.1 Å². The summed E-state index contributed by atoms with van der Waals surface area (Å²) >= 11 is 0. The molecule has 0 radical (unpaired) electrons. The Kier molecular flexibility index (Phi) is 4.24. The zero-order valence-electron chi connectivity index (χ0n) is 13.5. The molecule has 2 aliphatic heterocycles. The van der Waals surface area contributed by atoms with E-state index in [0.717, 1.165) is 30.7 Å². The SMILES string of the molecule is CC1=C(O)C=CC(C)(N)C1C1C=CC(CCC2CCCN2)=N1. The second-order valence-electron chi connectivity index (χ2n) is 7.05. The maximum atomic E-state index is 10.0. The van der Waals surface area contributed by atoms with E-state index in [1.807, 2.05) is 19.9 Å². The molecule has 1 fully saturated rings. The Morgan fingerprint density at radius 2 is 2.27 bits per heavy atom. The van der Waals surface area contributed by atoms with E-state index >= 15 is 0 Å². The number of aliphatic imine (C=N–C) groups is 1. The predicted octanol–water partition coefficient (Wildman–Crippen LogP) is 2.63. The zero-order chi connectivity index (χ0) is 15.7. The number of allylic oxidation sites excluding steroid dienone is 2. The number of nitrogens with zero attached hydrogens (tertiary/aromatic N) is 1. The van der Waals surface area contributed by atoms with Gasteiger partial charge in [-0.2, -0.15) is 0 Å². The van der Waals surface area contributed by atoms with Crippen LogP contribution in [-0.2, 0) is 0 Å². The van der Waals surface area contributed by atoms with Crippen molar-refractivity contribution in [1.29, 1.82) is 0 Å². The Labute approximate surface area is 132 Å². The summed E-state index contributed by atoms with van der Waals surface area (Å²) in [5, 5.41) is 13.5. The molecule has 4 atom stereocenters. The molecular weight excluding hydrogens is 274 g/mol. The summed E-state index contributed by atoms with van der Waals surface area (Å²) in [5.74, 6) is 0.357. The van der Waals surface area contributed by atoms with E-state index in [2.05, 4.69) is 17.5 Å². The van der Waals surface area contributed by atoms with Crippen molar-refractivity contribution in [3.05, 3.63) is 35.6 Å². The van der Waals surface area contributed by atoms with E-state index in [0.29, 0.717) is 11.8 Å². The van der Waals surface area contributed by atoms with Gasteiger partial charge in [-0.05, 0) is 63.8 Å². The molecule has 1 saturated heterocycles. The molecule has 0 aromatic rings. The van der Waals surface area contributed by atoms with Gasteiger partial charge in [-0.15, -0.1) is 0 Å². The molecule has 4 heteroatoms. The number of nitrogens with one attached hydrogen (secondary N) is 1. The highest BCUT2D eigenvalue weighted by atomic mass is 16.3. The van der Waals surface area contributed by atoms with Crippen molar-refractivity contribution in [3.8, 4) is 0 Å². The zero-order valence-corrected chi connectivity index (χ0v) is 13.5. The quantitative estimate of drug-likeness (QED) is 0.747. The van der Waals surface area contributed by atoms with Crippen LogP contribution in [0.15, 0.2) is 40.6 Å². The third-order valence-electron chi connectivity index (χ3n) is 5.19. The molecule has 1 aliphatic carbocycles. The Balaban J connectivity index is 1.68. The number of aliphatic hydroxyl groups excluding tert-OH is 1. The monoisotopic (exact) mass is 301 g/mol. The van der Waals surface area contributed by atoms with Crippen molar-refractivity contribution < 1.29 is 5.11 Å². The molecule has 120 valence electrons. The summed E-state index contributed by atoms with van der Waals surface area (Å²) in [6.07, 6.45) is 12.6. The summed E-state index contributed by atoms with van der Waals surface area (Å²) in [5.41, 5.74) is 8.05. The molecule has 0 aromatic carbocycles. The van der Waals surface area contributed by atoms with Gasteiger partial charge in [0.2, 0.25) is 0 Å². The van der Waals surface area contributed by atoms with Crippen molar-refractivity contribution >= 4 is 5.71 Å². The molecule has 0 amide bonds. The summed E-state index contributed by atoms with van der Waals surface area (Å²) < 4.78 is 0. The fourth-order valence-corrected chi connectivity index (χ4v) is 3.89. The van der Waals surface area contributed by atoms with Crippen LogP contribution in [0.1, 0.15) is 39.5 Å². The smallest absolute Gasteiger partial charge is 0.114 e. The lowest BCUT2D eigenvalue weighted by Crippen LogP contribution is -2.48. The molecule has 2 heterocycles. The van der Waals surface area contributed by atoms with Crippen molar-refractivity contribution in [2.45, 2.75) is 57.2 Å². The summed E-state index contributed by atoms with van der Waals surface area (Å²) in [6, 6.07) is 0.687. The first kappa shape index (κ1) is 15.5. The van der Waals surface area contributed by atoms with Crippen LogP contribution in [0.4, 0.5) is 0 Å². The second kappa shape index (κ2) is 6.01. The Hall–Kier alpha value is -1.39. The lowest BCUT2D eigenvalue weighted by molar-refractivity contribution is 0.335. The Morgan fingerprint density at radius 1 is 1.45 bits per heavy atom. The normalized spacial score (nSPS) is 38.0. The predicted molar refractivity (Wildman–Crippen MR) is 91.2 cm³/mol. The molecule has 0 bridgehead atoms. The minimum absolute atomic E-state index is 0.0239. The van der Waals surface area contributed by atoms with Crippen LogP contribution in [0.5, 0.6) is 0 Å². The first-order valence-corrected chi connectivity index (χ1v) is 8.33. The first-order valence-electron chi connectivity index (χ1n) is 8.33. The Morgan fingerprint density at radius 3 is 3.00 bits per heavy atom. The van der Waals surface area contributed by atoms with Crippen LogP contribution in [0.25, 0.3) is 0 Å². The van der Waals surface area contributed by atoms with Gasteiger partial charge in [0.15, 0.2) is 0 Å². The minimum Gasteiger partial charge on any atom is -0.508 e. The van der Waals surface area contributed by atoms with Gasteiger partial charge in [-0.3, -0.25) is 4.99 Å². The molecule has 4 unspecified atom stereocenters. The van der Waals surface area contributed by atoms with Gasteiger partial charge in [0, 0.05) is 23.2 Å². The van der Waals surface area contributed by atoms with E-state index < -0.39 is 5.54 Å². The minimum atomic E-state index is -0.475. The summed E-state index contributed by atoms with van der Waals surface area (Å²) in [7, 11) is 0. The molecule has 3 rings (SSSR count). The van der Waals surface area contributed by atoms with Crippen LogP contribution in [0, 0.1) is 5.92 Å². The molecular formula is C18H27N3O. The molecule has 0 aromatic heterocycles. The maximum absolute atomic E-state index is 10.0. The molecule has 4 N–H and O–H groups in total. The van der Waals surface area contributed by atoms with Crippen LogP contribution in [0.2, 0.25) is 0 Å². The lowest BCUT2D eigenvalue weighted by Gasteiger charge is -2.37. The van der Waals surface area contributed by atoms with E-state index in [9.17, 15) is 5.11 Å². The fraction of sp³-hybridized carbons (Fsp3) is 0.611. The highest BCUT2D eigenvalue weighted by Crippen LogP contribution is 2.36.